The van der Waals surface area contributed by atoms with Crippen molar-refractivity contribution in [1.82, 2.24) is 54.1 Å². The molecule has 5 fully saturated rings. The van der Waals surface area contributed by atoms with Crippen molar-refractivity contribution < 1.29 is 17.6 Å². The summed E-state index contributed by atoms with van der Waals surface area (Å²) >= 11 is 0. The fourth-order valence-corrected chi connectivity index (χ4v) is 11.0. The average Bonchev–Trinajstić information content (AvgIpc) is 3.31. The second-order valence-corrected chi connectivity index (χ2v) is 23.2. The molecule has 7 heterocycles. The first-order valence-corrected chi connectivity index (χ1v) is 28.6. The highest BCUT2D eigenvalue weighted by molar-refractivity contribution is 6.03. The molecule has 0 aliphatic heterocycles. The summed E-state index contributed by atoms with van der Waals surface area (Å²) in [6.07, 6.45) is 12.4. The number of hydrogen-bond donors (Lipinski definition) is 4. The van der Waals surface area contributed by atoms with Crippen LogP contribution in [0.25, 0.3) is 67.2 Å². The van der Waals surface area contributed by atoms with E-state index in [9.17, 15) is 32.4 Å². The number of imidazole rings is 1. The smallest absolute Gasteiger partial charge is 0.383 e. The Labute approximate surface area is 476 Å². The first-order valence-electron chi connectivity index (χ1n) is 28.6. The normalized spacial score (nSPS) is 16.7. The standard InChI is InChI=1S/C34H34N8O.C26H22F4N6O.C3H8/c1-34(10-3-11-34)36-17-24-15-26-28(21-5-6-21)18-42(33(43)31(26)38-24)30-14-23(13-29(39-30)22-7-8-22)25-9-4-20(16-35)12-27(25)32-40-37-19-41(32)2;1-32-23(31)17-10-15(27)6-7-16(17)14-8-19(12-2-3-12)33-20(9-14)36-11-18(26(28,29)30)21-22(25(36)37)35-24(34-21)13-4-5-13;1-3-2/h4,9,12-15,18-19,21-22,36,38H,3,5-8,10-11,17H2,1-2H3;6-13H,2-5H2,1H3,(H2,31,32)(H,34,35);3H2,1-2H3. The molecule has 0 bridgehead atoms. The molecule has 16 nitrogen and oxygen atoms in total. The van der Waals surface area contributed by atoms with Gasteiger partial charge >= 0.3 is 6.18 Å². The third-order valence-electron chi connectivity index (χ3n) is 16.4. The number of aliphatic imine (C=N–C) groups is 1. The van der Waals surface area contributed by atoms with E-state index in [1.54, 1.807) is 17.0 Å². The van der Waals surface area contributed by atoms with Gasteiger partial charge in [-0.25, -0.2) is 19.3 Å². The Morgan fingerprint density at radius 1 is 0.795 bits per heavy atom. The lowest BCUT2D eigenvalue weighted by atomic mass is 9.78. The fraction of sp³-hybridized carbons (Fsp3) is 0.381. The van der Waals surface area contributed by atoms with E-state index in [2.05, 4.69) is 79.4 Å². The summed E-state index contributed by atoms with van der Waals surface area (Å²) in [5, 5.41) is 22.8. The summed E-state index contributed by atoms with van der Waals surface area (Å²) in [7, 11) is 3.37. The summed E-state index contributed by atoms with van der Waals surface area (Å²) in [6.45, 7) is 7.25. The number of aryl methyl sites for hydroxylation is 1. The molecule has 83 heavy (non-hydrogen) atoms. The molecule has 9 aromatic rings. The molecular formula is C63H64F4N14O2. The van der Waals surface area contributed by atoms with E-state index >= 15 is 0 Å². The number of benzene rings is 2. The molecule has 0 unspecified atom stereocenters. The van der Waals surface area contributed by atoms with Crippen LogP contribution in [0.3, 0.4) is 0 Å². The van der Waals surface area contributed by atoms with Crippen LogP contribution in [-0.2, 0) is 19.8 Å². The van der Waals surface area contributed by atoms with Crippen LogP contribution in [0.5, 0.6) is 0 Å². The number of nitriles is 1. The van der Waals surface area contributed by atoms with E-state index in [0.29, 0.717) is 62.8 Å². The number of nitrogens with two attached hydrogens (primary N) is 1. The predicted molar refractivity (Wildman–Crippen MR) is 311 cm³/mol. The van der Waals surface area contributed by atoms with Crippen molar-refractivity contribution in [3.63, 3.8) is 0 Å². The highest BCUT2D eigenvalue weighted by Gasteiger charge is 2.38. The zero-order valence-corrected chi connectivity index (χ0v) is 47.0. The van der Waals surface area contributed by atoms with Crippen molar-refractivity contribution in [2.75, 3.05) is 7.05 Å². The molecular weight excluding hydrogens is 1060 g/mol. The molecule has 14 rings (SSSR count). The minimum atomic E-state index is -4.74. The van der Waals surface area contributed by atoms with E-state index in [1.165, 1.54) is 62.6 Å². The van der Waals surface area contributed by atoms with Crippen molar-refractivity contribution in [2.24, 2.45) is 17.8 Å². The minimum absolute atomic E-state index is 0.0293. The monoisotopic (exact) mass is 1120 g/mol. The van der Waals surface area contributed by atoms with E-state index in [0.717, 1.165) is 102 Å². The number of nitrogens with zero attached hydrogens (tertiary/aromatic N) is 10. The lowest BCUT2D eigenvalue weighted by Gasteiger charge is -2.39. The Bertz CT molecular complexity index is 4200. The van der Waals surface area contributed by atoms with Crippen molar-refractivity contribution in [3.05, 3.63) is 157 Å². The summed E-state index contributed by atoms with van der Waals surface area (Å²) in [5.74, 6) is 2.31. The van der Waals surface area contributed by atoms with Gasteiger partial charge in [-0.05, 0) is 166 Å². The van der Waals surface area contributed by atoms with Gasteiger partial charge in [0.2, 0.25) is 0 Å². The number of amidine groups is 1. The molecule has 5 N–H and O–H groups in total. The van der Waals surface area contributed by atoms with Crippen LogP contribution in [0, 0.1) is 17.1 Å². The summed E-state index contributed by atoms with van der Waals surface area (Å²) in [6, 6.07) is 21.6. The Hall–Kier alpha value is -8.57. The van der Waals surface area contributed by atoms with Gasteiger partial charge in [-0.15, -0.1) is 10.2 Å². The van der Waals surface area contributed by atoms with Crippen molar-refractivity contribution >= 4 is 27.8 Å². The lowest BCUT2D eigenvalue weighted by molar-refractivity contribution is -0.136. The predicted octanol–water partition coefficient (Wildman–Crippen LogP) is 12.3. The largest absolute Gasteiger partial charge is 0.419 e. The third-order valence-corrected chi connectivity index (χ3v) is 16.4. The number of pyridine rings is 4. The van der Waals surface area contributed by atoms with Crippen LogP contribution >= 0.6 is 0 Å². The highest BCUT2D eigenvalue weighted by atomic mass is 19.4. The maximum Gasteiger partial charge on any atom is 0.419 e. The molecule has 0 amide bonds. The average molecular weight is 1130 g/mol. The maximum absolute atomic E-state index is 14.1. The second kappa shape index (κ2) is 21.6. The number of H-pyrrole nitrogens is 2. The van der Waals surface area contributed by atoms with Crippen LogP contribution in [0.1, 0.15) is 167 Å². The number of aromatic amines is 2. The van der Waals surface area contributed by atoms with Gasteiger partial charge in [0.25, 0.3) is 11.1 Å². The van der Waals surface area contributed by atoms with E-state index in [4.69, 9.17) is 10.7 Å². The van der Waals surface area contributed by atoms with E-state index in [-0.39, 0.29) is 45.6 Å². The number of hydrogen-bond acceptors (Lipinski definition) is 10. The van der Waals surface area contributed by atoms with Gasteiger partial charge in [-0.2, -0.15) is 18.4 Å². The highest BCUT2D eigenvalue weighted by Crippen LogP contribution is 2.46. The topological polar surface area (TPSA) is 219 Å². The molecule has 0 atom stereocenters. The Morgan fingerprint density at radius 3 is 1.98 bits per heavy atom. The number of fused-ring (bicyclic) bond motifs is 2. The molecule has 7 aromatic heterocycles. The van der Waals surface area contributed by atoms with Gasteiger partial charge in [0.15, 0.2) is 5.82 Å². The lowest BCUT2D eigenvalue weighted by Crippen LogP contribution is -2.47. The SMILES string of the molecule is CCC.CN=C(N)c1cc(F)ccc1-c1cc(C2CC2)nc(-n2cc(C(F)(F)F)c3nc(C4CC4)[nH]c3c2=O)c1.Cn1cnnc1-c1cc(C#N)ccc1-c1cc(C2CC2)nc(-n2cc(C3CC3)c3cc(CNC4(C)CCC4)[nH]c3c2=O)c1. The summed E-state index contributed by atoms with van der Waals surface area (Å²) in [5.41, 5.74) is 13.0. The third kappa shape index (κ3) is 11.1. The number of nitrogens with one attached hydrogen (secondary N) is 3. The van der Waals surface area contributed by atoms with Crippen LogP contribution in [0.2, 0.25) is 0 Å². The van der Waals surface area contributed by atoms with Gasteiger partial charge < -0.3 is 25.6 Å². The number of aromatic nitrogens is 10. The van der Waals surface area contributed by atoms with Crippen molar-refractivity contribution in [2.45, 2.75) is 140 Å². The fourth-order valence-electron chi connectivity index (χ4n) is 11.0. The van der Waals surface area contributed by atoms with Crippen LogP contribution in [-0.4, -0.2) is 67.2 Å². The Kier molecular flexibility index (Phi) is 14.3. The molecule has 20 heteroatoms. The van der Waals surface area contributed by atoms with Gasteiger partial charge in [-0.3, -0.25) is 23.7 Å². The van der Waals surface area contributed by atoms with Gasteiger partial charge in [-0.1, -0.05) is 32.4 Å². The van der Waals surface area contributed by atoms with E-state index < -0.39 is 23.1 Å². The van der Waals surface area contributed by atoms with Crippen molar-refractivity contribution in [1.29, 1.82) is 5.26 Å². The molecule has 0 radical (unpaired) electrons. The number of halogens is 4. The zero-order chi connectivity index (χ0) is 58.1. The molecule has 5 saturated carbocycles. The van der Waals surface area contributed by atoms with Gasteiger partial charge in [0.1, 0.15) is 57.6 Å². The molecule has 5 aliphatic carbocycles. The first kappa shape index (κ1) is 55.0. The van der Waals surface area contributed by atoms with Crippen LogP contribution in [0.4, 0.5) is 17.6 Å². The molecule has 0 saturated heterocycles. The summed E-state index contributed by atoms with van der Waals surface area (Å²) < 4.78 is 60.9. The second-order valence-electron chi connectivity index (χ2n) is 23.2. The molecule has 426 valence electrons. The number of rotatable bonds is 13. The Morgan fingerprint density at radius 2 is 1.41 bits per heavy atom. The minimum Gasteiger partial charge on any atom is -0.383 e. The quantitative estimate of drug-likeness (QED) is 0.0486. The van der Waals surface area contributed by atoms with Gasteiger partial charge in [0, 0.05) is 89.9 Å². The zero-order valence-electron chi connectivity index (χ0n) is 47.0. The molecule has 0 spiro atoms. The van der Waals surface area contributed by atoms with Crippen molar-refractivity contribution in [3.8, 4) is 51.3 Å². The molecule has 5 aliphatic rings. The Balaban J connectivity index is 0.000000158. The maximum atomic E-state index is 14.1. The molecule has 2 aromatic carbocycles. The van der Waals surface area contributed by atoms with Gasteiger partial charge in [0.05, 0.1) is 11.6 Å². The van der Waals surface area contributed by atoms with Crippen LogP contribution in [0.15, 0.2) is 100 Å². The first-order chi connectivity index (χ1) is 39.9. The summed E-state index contributed by atoms with van der Waals surface area (Å²) in [4.78, 5) is 51.7. The van der Waals surface area contributed by atoms with Crippen LogP contribution < -0.4 is 22.2 Å². The van der Waals surface area contributed by atoms with E-state index in [1.807, 2.05) is 42.1 Å². The number of alkyl halides is 3.